The molecule has 1 aromatic rings. The first kappa shape index (κ1) is 18.6. The fraction of sp³-hybridized carbons (Fsp3) is 0.500. The first-order valence-corrected chi connectivity index (χ1v) is 7.62. The van der Waals surface area contributed by atoms with Gasteiger partial charge in [-0.25, -0.2) is 0 Å². The zero-order valence-corrected chi connectivity index (χ0v) is 14.3. The summed E-state index contributed by atoms with van der Waals surface area (Å²) in [5.74, 6) is 1.57. The quantitative estimate of drug-likeness (QED) is 0.561. The van der Waals surface area contributed by atoms with Crippen molar-refractivity contribution in [1.29, 1.82) is 0 Å². The average molecular weight is 322 g/mol. The topological polar surface area (TPSA) is 89.2 Å². The van der Waals surface area contributed by atoms with Crippen LogP contribution in [0.2, 0.25) is 0 Å². The van der Waals surface area contributed by atoms with Crippen molar-refractivity contribution in [3.63, 3.8) is 0 Å². The number of anilines is 1. The number of nitrogens with zero attached hydrogens (tertiary/aromatic N) is 2. The highest BCUT2D eigenvalue weighted by Crippen LogP contribution is 2.29. The molecule has 0 aliphatic heterocycles. The summed E-state index contributed by atoms with van der Waals surface area (Å²) < 4.78 is 10.4. The molecule has 0 unspecified atom stereocenters. The van der Waals surface area contributed by atoms with E-state index in [1.165, 1.54) is 0 Å². The molecule has 0 spiro atoms. The maximum atomic E-state index is 11.9. The number of hydrogen-bond donors (Lipinski definition) is 2. The van der Waals surface area contributed by atoms with Crippen molar-refractivity contribution in [1.82, 2.24) is 4.90 Å². The van der Waals surface area contributed by atoms with Gasteiger partial charge in [-0.1, -0.05) is 0 Å². The Balaban J connectivity index is 2.58. The maximum Gasteiger partial charge on any atom is 0.224 e. The van der Waals surface area contributed by atoms with E-state index in [0.717, 1.165) is 5.69 Å². The Morgan fingerprint density at radius 3 is 2.43 bits per heavy atom. The number of aliphatic imine (C=N–C) groups is 1. The first-order valence-electron chi connectivity index (χ1n) is 7.62. The number of carbonyl (C=O) groups excluding carboxylic acids is 1. The van der Waals surface area contributed by atoms with Crippen molar-refractivity contribution < 1.29 is 14.3 Å². The van der Waals surface area contributed by atoms with E-state index in [1.54, 1.807) is 31.3 Å². The van der Waals surface area contributed by atoms with Gasteiger partial charge in [0.05, 0.1) is 20.8 Å². The molecule has 0 radical (unpaired) electrons. The van der Waals surface area contributed by atoms with Crippen LogP contribution in [0.15, 0.2) is 23.2 Å². The Labute approximate surface area is 137 Å². The van der Waals surface area contributed by atoms with Crippen LogP contribution in [-0.4, -0.2) is 50.6 Å². The zero-order valence-electron chi connectivity index (χ0n) is 14.3. The van der Waals surface area contributed by atoms with Gasteiger partial charge in [-0.05, 0) is 26.0 Å². The fourth-order valence-electron chi connectivity index (χ4n) is 2.11. The van der Waals surface area contributed by atoms with Gasteiger partial charge < -0.3 is 25.4 Å². The number of nitrogens with two attached hydrogens (primary N) is 1. The lowest BCUT2D eigenvalue weighted by Crippen LogP contribution is -2.31. The molecule has 0 bridgehead atoms. The van der Waals surface area contributed by atoms with Gasteiger partial charge in [0.2, 0.25) is 5.91 Å². The van der Waals surface area contributed by atoms with Gasteiger partial charge in [0.25, 0.3) is 0 Å². The summed E-state index contributed by atoms with van der Waals surface area (Å²) in [7, 11) is 3.14. The molecule has 1 amide bonds. The van der Waals surface area contributed by atoms with E-state index >= 15 is 0 Å². The molecule has 0 aromatic heterocycles. The highest BCUT2D eigenvalue weighted by Gasteiger charge is 2.08. The first-order chi connectivity index (χ1) is 11.0. The summed E-state index contributed by atoms with van der Waals surface area (Å²) >= 11 is 0. The summed E-state index contributed by atoms with van der Waals surface area (Å²) in [5.41, 5.74) is 6.57. The monoisotopic (exact) mass is 322 g/mol. The molecular formula is C16H26N4O3. The molecule has 0 atom stereocenters. The van der Waals surface area contributed by atoms with Crippen molar-refractivity contribution in [2.45, 2.75) is 20.3 Å². The van der Waals surface area contributed by atoms with Crippen molar-refractivity contribution in [2.75, 3.05) is 39.2 Å². The third-order valence-corrected chi connectivity index (χ3v) is 3.38. The maximum absolute atomic E-state index is 11.9. The van der Waals surface area contributed by atoms with Crippen molar-refractivity contribution in [3.05, 3.63) is 18.2 Å². The van der Waals surface area contributed by atoms with Gasteiger partial charge in [-0.2, -0.15) is 0 Å². The molecule has 0 saturated heterocycles. The van der Waals surface area contributed by atoms with Gasteiger partial charge >= 0.3 is 0 Å². The van der Waals surface area contributed by atoms with E-state index in [9.17, 15) is 4.79 Å². The second-order valence-corrected chi connectivity index (χ2v) is 4.78. The van der Waals surface area contributed by atoms with E-state index in [4.69, 9.17) is 15.2 Å². The summed E-state index contributed by atoms with van der Waals surface area (Å²) in [5, 5.41) is 2.97. The number of nitrogens with one attached hydrogen (secondary N) is 1. The van der Waals surface area contributed by atoms with E-state index in [2.05, 4.69) is 10.3 Å². The lowest BCUT2D eigenvalue weighted by Gasteiger charge is -2.17. The minimum absolute atomic E-state index is 0.0812. The number of methoxy groups -OCH3 is 2. The summed E-state index contributed by atoms with van der Waals surface area (Å²) in [6.07, 6.45) is 0.343. The normalized spacial score (nSPS) is 11.0. The Kier molecular flexibility index (Phi) is 7.73. The molecule has 0 aliphatic rings. The number of rotatable bonds is 8. The SMILES string of the molecule is CCN(CC)C(=O)CCN=C(N)Nc1ccc(OC)c(OC)c1. The lowest BCUT2D eigenvalue weighted by molar-refractivity contribution is -0.130. The number of amides is 1. The van der Waals surface area contributed by atoms with E-state index in [-0.39, 0.29) is 11.9 Å². The molecule has 7 nitrogen and oxygen atoms in total. The van der Waals surface area contributed by atoms with Crippen LogP contribution >= 0.6 is 0 Å². The Morgan fingerprint density at radius 1 is 1.22 bits per heavy atom. The van der Waals surface area contributed by atoms with Crippen molar-refractivity contribution >= 4 is 17.6 Å². The van der Waals surface area contributed by atoms with Crippen LogP contribution in [0.4, 0.5) is 5.69 Å². The summed E-state index contributed by atoms with van der Waals surface area (Å²) in [6.45, 7) is 5.67. The Morgan fingerprint density at radius 2 is 1.87 bits per heavy atom. The number of benzene rings is 1. The highest BCUT2D eigenvalue weighted by molar-refractivity contribution is 5.92. The highest BCUT2D eigenvalue weighted by atomic mass is 16.5. The lowest BCUT2D eigenvalue weighted by atomic mass is 10.3. The molecular weight excluding hydrogens is 296 g/mol. The van der Waals surface area contributed by atoms with Gasteiger partial charge in [-0.15, -0.1) is 0 Å². The molecule has 1 rings (SSSR count). The van der Waals surface area contributed by atoms with E-state index < -0.39 is 0 Å². The molecule has 128 valence electrons. The summed E-state index contributed by atoms with van der Waals surface area (Å²) in [6, 6.07) is 5.35. The van der Waals surface area contributed by atoms with Crippen molar-refractivity contribution in [2.24, 2.45) is 10.7 Å². The van der Waals surface area contributed by atoms with E-state index in [1.807, 2.05) is 19.9 Å². The number of hydrogen-bond acceptors (Lipinski definition) is 4. The van der Waals surface area contributed by atoms with Gasteiger partial charge in [0.1, 0.15) is 0 Å². The second-order valence-electron chi connectivity index (χ2n) is 4.78. The van der Waals surface area contributed by atoms with Crippen molar-refractivity contribution in [3.8, 4) is 11.5 Å². The molecule has 23 heavy (non-hydrogen) atoms. The molecule has 0 saturated carbocycles. The number of guanidine groups is 1. The molecule has 0 fully saturated rings. The molecule has 0 aliphatic carbocycles. The third kappa shape index (κ3) is 5.69. The van der Waals surface area contributed by atoms with E-state index in [0.29, 0.717) is 37.6 Å². The van der Waals surface area contributed by atoms with Gasteiger partial charge in [0, 0.05) is 31.3 Å². The average Bonchev–Trinajstić information content (AvgIpc) is 2.55. The summed E-state index contributed by atoms with van der Waals surface area (Å²) in [4.78, 5) is 17.8. The Hall–Kier alpha value is -2.44. The van der Waals surface area contributed by atoms with Crippen LogP contribution in [0.1, 0.15) is 20.3 Å². The van der Waals surface area contributed by atoms with Gasteiger partial charge in [0.15, 0.2) is 17.5 Å². The molecule has 0 heterocycles. The Bertz CT molecular complexity index is 542. The van der Waals surface area contributed by atoms with Crippen LogP contribution in [-0.2, 0) is 4.79 Å². The fourth-order valence-corrected chi connectivity index (χ4v) is 2.11. The molecule has 7 heteroatoms. The molecule has 3 N–H and O–H groups in total. The second kappa shape index (κ2) is 9.55. The van der Waals surface area contributed by atoms with Crippen LogP contribution in [0.5, 0.6) is 11.5 Å². The predicted molar refractivity (Wildman–Crippen MR) is 92.2 cm³/mol. The smallest absolute Gasteiger partial charge is 0.224 e. The van der Waals surface area contributed by atoms with Crippen LogP contribution in [0.3, 0.4) is 0 Å². The largest absolute Gasteiger partial charge is 0.493 e. The molecule has 1 aromatic carbocycles. The zero-order chi connectivity index (χ0) is 17.2. The number of ether oxygens (including phenoxy) is 2. The minimum Gasteiger partial charge on any atom is -0.493 e. The van der Waals surface area contributed by atoms with Crippen LogP contribution in [0.25, 0.3) is 0 Å². The standard InChI is InChI=1S/C16H26N4O3/c1-5-20(6-2)15(21)9-10-18-16(17)19-12-7-8-13(22-3)14(11-12)23-4/h7-8,11H,5-6,9-10H2,1-4H3,(H3,17,18,19). The van der Waals surface area contributed by atoms with Crippen LogP contribution in [0, 0.1) is 0 Å². The third-order valence-electron chi connectivity index (χ3n) is 3.38. The van der Waals surface area contributed by atoms with Crippen LogP contribution < -0.4 is 20.5 Å². The van der Waals surface area contributed by atoms with Gasteiger partial charge in [-0.3, -0.25) is 9.79 Å². The minimum atomic E-state index is 0.0812. The number of carbonyl (C=O) groups is 1. The predicted octanol–water partition coefficient (Wildman–Crippen LogP) is 1.69.